The van der Waals surface area contributed by atoms with Crippen molar-refractivity contribution in [3.05, 3.63) is 41.1 Å². The van der Waals surface area contributed by atoms with Crippen molar-refractivity contribution < 1.29 is 9.90 Å². The molecule has 140 valence electrons. The Bertz CT molecular complexity index is 781. The quantitative estimate of drug-likeness (QED) is 0.878. The first-order chi connectivity index (χ1) is 12.2. The Hall–Kier alpha value is -2.14. The molecule has 2 heterocycles. The zero-order valence-electron chi connectivity index (χ0n) is 16.2. The van der Waals surface area contributed by atoms with Gasteiger partial charge >= 0.3 is 0 Å². The molecule has 0 spiro atoms. The van der Waals surface area contributed by atoms with E-state index >= 15 is 0 Å². The lowest BCUT2D eigenvalue weighted by Crippen LogP contribution is -2.40. The van der Waals surface area contributed by atoms with Crippen molar-refractivity contribution in [2.24, 2.45) is 5.92 Å². The highest BCUT2D eigenvalue weighted by molar-refractivity contribution is 5.93. The Morgan fingerprint density at radius 2 is 1.96 bits per heavy atom. The Labute approximate surface area is 155 Å². The number of likely N-dealkylation sites (tertiary alicyclic amines) is 1. The fraction of sp³-hybridized carbons (Fsp3) is 0.524. The van der Waals surface area contributed by atoms with Crippen molar-refractivity contribution in [3.63, 3.8) is 0 Å². The monoisotopic (exact) mass is 355 g/mol. The van der Waals surface area contributed by atoms with Gasteiger partial charge in [0.2, 0.25) is 0 Å². The van der Waals surface area contributed by atoms with Gasteiger partial charge in [-0.25, -0.2) is 0 Å². The minimum Gasteiger partial charge on any atom is -0.390 e. The minimum absolute atomic E-state index is 0.00997. The number of nitrogens with zero attached hydrogens (tertiary/aromatic N) is 2. The number of benzene rings is 1. The molecule has 0 atom stereocenters. The van der Waals surface area contributed by atoms with Crippen LogP contribution in [0.5, 0.6) is 0 Å². The largest absolute Gasteiger partial charge is 0.390 e. The van der Waals surface area contributed by atoms with Gasteiger partial charge in [0.1, 0.15) is 5.69 Å². The van der Waals surface area contributed by atoms with Crippen LogP contribution in [0.25, 0.3) is 11.3 Å². The van der Waals surface area contributed by atoms with Crippen molar-refractivity contribution >= 4 is 5.91 Å². The van der Waals surface area contributed by atoms with Crippen molar-refractivity contribution in [2.45, 2.75) is 52.6 Å². The Kier molecular flexibility index (Phi) is 5.19. The number of aryl methyl sites for hydroxylation is 2. The molecule has 0 aliphatic carbocycles. The molecule has 1 fully saturated rings. The number of aromatic amines is 1. The van der Waals surface area contributed by atoms with Crippen molar-refractivity contribution in [3.8, 4) is 11.3 Å². The molecule has 0 bridgehead atoms. The average molecular weight is 355 g/mol. The number of aromatic nitrogens is 2. The summed E-state index contributed by atoms with van der Waals surface area (Å²) in [6.07, 6.45) is 2.66. The fourth-order valence-electron chi connectivity index (χ4n) is 3.80. The van der Waals surface area contributed by atoms with Crippen LogP contribution in [0.3, 0.4) is 0 Å². The van der Waals surface area contributed by atoms with E-state index in [1.807, 2.05) is 24.8 Å². The van der Waals surface area contributed by atoms with Crippen LogP contribution in [0, 0.1) is 19.8 Å². The molecule has 1 amide bonds. The fourth-order valence-corrected chi connectivity index (χ4v) is 3.80. The van der Waals surface area contributed by atoms with Crippen LogP contribution in [0.15, 0.2) is 24.3 Å². The first kappa shape index (κ1) is 18.6. The second-order valence-electron chi connectivity index (χ2n) is 8.24. The minimum atomic E-state index is -0.638. The van der Waals surface area contributed by atoms with Crippen LogP contribution in [0.4, 0.5) is 0 Å². The lowest BCUT2D eigenvalue weighted by Gasteiger charge is -2.34. The summed E-state index contributed by atoms with van der Waals surface area (Å²) >= 11 is 0. The number of hydrogen-bond donors (Lipinski definition) is 2. The molecule has 1 aliphatic heterocycles. The van der Waals surface area contributed by atoms with E-state index in [0.717, 1.165) is 49.2 Å². The van der Waals surface area contributed by atoms with E-state index in [9.17, 15) is 9.90 Å². The van der Waals surface area contributed by atoms with Gasteiger partial charge in [-0.2, -0.15) is 5.10 Å². The van der Waals surface area contributed by atoms with E-state index < -0.39 is 5.60 Å². The van der Waals surface area contributed by atoms with E-state index in [2.05, 4.69) is 42.2 Å². The van der Waals surface area contributed by atoms with Gasteiger partial charge in [0.05, 0.1) is 11.3 Å². The van der Waals surface area contributed by atoms with Crippen LogP contribution in [-0.2, 0) is 0 Å². The normalized spacial score (nSPS) is 16.1. The third kappa shape index (κ3) is 4.33. The SMILES string of the molecule is Cc1ccc(C)c(-c2cc(C(=O)N3CCC(CC(C)(C)O)CC3)[nH]n2)c1. The maximum atomic E-state index is 12.8. The Balaban J connectivity index is 1.67. The van der Waals surface area contributed by atoms with Gasteiger partial charge in [-0.15, -0.1) is 0 Å². The summed E-state index contributed by atoms with van der Waals surface area (Å²) in [5, 5.41) is 17.3. The van der Waals surface area contributed by atoms with Gasteiger partial charge in [-0.05, 0) is 70.6 Å². The van der Waals surface area contributed by atoms with Crippen molar-refractivity contribution in [1.29, 1.82) is 0 Å². The number of aliphatic hydroxyl groups is 1. The van der Waals surface area contributed by atoms with E-state index in [1.54, 1.807) is 0 Å². The smallest absolute Gasteiger partial charge is 0.271 e. The molecule has 1 saturated heterocycles. The molecule has 3 rings (SSSR count). The molecule has 26 heavy (non-hydrogen) atoms. The highest BCUT2D eigenvalue weighted by Crippen LogP contribution is 2.28. The van der Waals surface area contributed by atoms with Crippen LogP contribution in [-0.4, -0.2) is 44.8 Å². The standard InChI is InChI=1S/C21H29N3O2/c1-14-5-6-15(2)17(11-14)18-12-19(23-22-18)20(25)24-9-7-16(8-10-24)13-21(3,4)26/h5-6,11-12,16,26H,7-10,13H2,1-4H3,(H,22,23). The first-order valence-electron chi connectivity index (χ1n) is 9.37. The maximum Gasteiger partial charge on any atom is 0.271 e. The molecule has 1 aromatic carbocycles. The zero-order valence-corrected chi connectivity index (χ0v) is 16.2. The van der Waals surface area contributed by atoms with Gasteiger partial charge in [-0.3, -0.25) is 9.89 Å². The second-order valence-corrected chi connectivity index (χ2v) is 8.24. The van der Waals surface area contributed by atoms with Crippen molar-refractivity contribution in [1.82, 2.24) is 15.1 Å². The molecule has 2 aromatic rings. The molecule has 0 saturated carbocycles. The van der Waals surface area contributed by atoms with Crippen LogP contribution < -0.4 is 0 Å². The highest BCUT2D eigenvalue weighted by atomic mass is 16.3. The summed E-state index contributed by atoms with van der Waals surface area (Å²) < 4.78 is 0. The van der Waals surface area contributed by atoms with E-state index in [0.29, 0.717) is 11.6 Å². The predicted molar refractivity (Wildman–Crippen MR) is 103 cm³/mol. The molecular weight excluding hydrogens is 326 g/mol. The highest BCUT2D eigenvalue weighted by Gasteiger charge is 2.28. The zero-order chi connectivity index (χ0) is 18.9. The average Bonchev–Trinajstić information content (AvgIpc) is 3.05. The molecule has 5 nitrogen and oxygen atoms in total. The summed E-state index contributed by atoms with van der Waals surface area (Å²) in [7, 11) is 0. The summed E-state index contributed by atoms with van der Waals surface area (Å²) in [6.45, 7) is 9.28. The first-order valence-corrected chi connectivity index (χ1v) is 9.37. The third-order valence-electron chi connectivity index (χ3n) is 5.17. The van der Waals surface area contributed by atoms with Crippen LogP contribution >= 0.6 is 0 Å². The number of amides is 1. The molecule has 1 aromatic heterocycles. The van der Waals surface area contributed by atoms with Crippen molar-refractivity contribution in [2.75, 3.05) is 13.1 Å². The van der Waals surface area contributed by atoms with Crippen LogP contribution in [0.1, 0.15) is 54.7 Å². The summed E-state index contributed by atoms with van der Waals surface area (Å²) in [4.78, 5) is 14.7. The number of carbonyl (C=O) groups excluding carboxylic acids is 1. The third-order valence-corrected chi connectivity index (χ3v) is 5.17. The Morgan fingerprint density at radius 3 is 2.62 bits per heavy atom. The number of hydrogen-bond acceptors (Lipinski definition) is 3. The molecular formula is C21H29N3O2. The topological polar surface area (TPSA) is 69.2 Å². The summed E-state index contributed by atoms with van der Waals surface area (Å²) in [5.41, 5.74) is 4.10. The van der Waals surface area contributed by atoms with Gasteiger partial charge in [-0.1, -0.05) is 17.7 Å². The molecule has 5 heteroatoms. The molecule has 1 aliphatic rings. The number of carbonyl (C=O) groups is 1. The number of rotatable bonds is 4. The number of piperidine rings is 1. The summed E-state index contributed by atoms with van der Waals surface area (Å²) in [5.74, 6) is 0.488. The van der Waals surface area contributed by atoms with Crippen LogP contribution in [0.2, 0.25) is 0 Å². The molecule has 0 unspecified atom stereocenters. The lowest BCUT2D eigenvalue weighted by atomic mass is 9.86. The Morgan fingerprint density at radius 1 is 1.27 bits per heavy atom. The molecule has 2 N–H and O–H groups in total. The van der Waals surface area contributed by atoms with E-state index in [4.69, 9.17) is 0 Å². The van der Waals surface area contributed by atoms with Gasteiger partial charge in [0.25, 0.3) is 5.91 Å². The lowest BCUT2D eigenvalue weighted by molar-refractivity contribution is 0.0357. The van der Waals surface area contributed by atoms with Gasteiger partial charge in [0, 0.05) is 18.7 Å². The number of H-pyrrole nitrogens is 1. The predicted octanol–water partition coefficient (Wildman–Crippen LogP) is 3.71. The second kappa shape index (κ2) is 7.23. The number of nitrogens with one attached hydrogen (secondary N) is 1. The molecule has 0 radical (unpaired) electrons. The summed E-state index contributed by atoms with van der Waals surface area (Å²) in [6, 6.07) is 8.11. The maximum absolute atomic E-state index is 12.8. The van der Waals surface area contributed by atoms with Gasteiger partial charge < -0.3 is 10.0 Å². The van der Waals surface area contributed by atoms with E-state index in [-0.39, 0.29) is 5.91 Å². The van der Waals surface area contributed by atoms with Gasteiger partial charge in [0.15, 0.2) is 0 Å². The van der Waals surface area contributed by atoms with E-state index in [1.165, 1.54) is 5.56 Å².